The van der Waals surface area contributed by atoms with Gasteiger partial charge in [-0.2, -0.15) is 0 Å². The molecule has 0 radical (unpaired) electrons. The van der Waals surface area contributed by atoms with Crippen molar-refractivity contribution in [2.24, 2.45) is 0 Å². The first kappa shape index (κ1) is 17.8. The monoisotopic (exact) mass is 370 g/mol. The van der Waals surface area contributed by atoms with Gasteiger partial charge in [0.1, 0.15) is 17.0 Å². The van der Waals surface area contributed by atoms with E-state index in [0.29, 0.717) is 13.1 Å². The number of carbonyl (C=O) groups excluding carboxylic acids is 1. The number of benzene rings is 1. The maximum absolute atomic E-state index is 11.5. The summed E-state index contributed by atoms with van der Waals surface area (Å²) < 4.78 is 0. The van der Waals surface area contributed by atoms with Crippen molar-refractivity contribution in [3.63, 3.8) is 0 Å². The van der Waals surface area contributed by atoms with Crippen molar-refractivity contribution in [3.8, 4) is 11.1 Å². The van der Waals surface area contributed by atoms with E-state index in [1.54, 1.807) is 11.3 Å². The second-order valence-corrected chi connectivity index (χ2v) is 6.45. The number of rotatable bonds is 8. The number of aliphatic carboxylic acids is 1. The zero-order chi connectivity index (χ0) is 18.4. The Morgan fingerprint density at radius 3 is 2.65 bits per heavy atom. The number of anilines is 1. The average molecular weight is 370 g/mol. The fraction of sp³-hybridized carbons (Fsp3) is 0.222. The molecule has 0 bridgehead atoms. The molecule has 0 aliphatic carbocycles. The molecule has 1 aromatic carbocycles. The molecular weight excluding hydrogens is 352 g/mol. The van der Waals surface area contributed by atoms with Crippen molar-refractivity contribution >= 4 is 39.2 Å². The summed E-state index contributed by atoms with van der Waals surface area (Å²) in [6.07, 6.45) is 1.33. The Morgan fingerprint density at radius 1 is 1.08 bits per heavy atom. The average Bonchev–Trinajstić information content (AvgIpc) is 3.09. The Hall–Kier alpha value is -3.00. The number of hydrogen-bond donors (Lipinski definition) is 3. The molecule has 0 fully saturated rings. The van der Waals surface area contributed by atoms with Crippen LogP contribution in [-0.4, -0.2) is 40.0 Å². The lowest BCUT2D eigenvalue weighted by molar-refractivity contribution is -0.138. The third-order valence-electron chi connectivity index (χ3n) is 3.76. The summed E-state index contributed by atoms with van der Waals surface area (Å²) in [5, 5.41) is 17.5. The van der Waals surface area contributed by atoms with Crippen molar-refractivity contribution in [3.05, 3.63) is 42.0 Å². The van der Waals surface area contributed by atoms with Crippen molar-refractivity contribution in [2.75, 3.05) is 18.4 Å². The minimum Gasteiger partial charge on any atom is -0.481 e. The number of amides is 1. The molecule has 2 aromatic heterocycles. The van der Waals surface area contributed by atoms with Gasteiger partial charge < -0.3 is 15.7 Å². The molecule has 0 aliphatic heterocycles. The second kappa shape index (κ2) is 8.39. The number of carbonyl (C=O) groups is 2. The van der Waals surface area contributed by atoms with E-state index in [1.165, 1.54) is 6.33 Å². The summed E-state index contributed by atoms with van der Waals surface area (Å²) in [5.41, 5.74) is 2.16. The molecule has 0 spiro atoms. The van der Waals surface area contributed by atoms with Crippen LogP contribution in [0.25, 0.3) is 21.3 Å². The smallest absolute Gasteiger partial charge is 0.303 e. The van der Waals surface area contributed by atoms with E-state index in [0.717, 1.165) is 27.2 Å². The van der Waals surface area contributed by atoms with Gasteiger partial charge in [0.15, 0.2) is 0 Å². The standard InChI is InChI=1S/C18H18N4O3S/c23-14(6-7-15(24)25)19-8-9-20-17-16-13(12-4-2-1-3-5-12)10-26-18(16)22-11-21-17/h1-5,10-11H,6-9H2,(H,19,23)(H,24,25)(H,20,21,22). The van der Waals surface area contributed by atoms with Gasteiger partial charge >= 0.3 is 5.97 Å². The predicted molar refractivity (Wildman–Crippen MR) is 101 cm³/mol. The maximum Gasteiger partial charge on any atom is 0.303 e. The SMILES string of the molecule is O=C(O)CCC(=O)NCCNc1ncnc2scc(-c3ccccc3)c12. The van der Waals surface area contributed by atoms with E-state index < -0.39 is 5.97 Å². The number of carboxylic acids is 1. The van der Waals surface area contributed by atoms with E-state index in [-0.39, 0.29) is 18.7 Å². The lowest BCUT2D eigenvalue weighted by Crippen LogP contribution is -2.29. The molecule has 0 saturated carbocycles. The molecule has 3 aromatic rings. The van der Waals surface area contributed by atoms with E-state index in [4.69, 9.17) is 5.11 Å². The van der Waals surface area contributed by atoms with Crippen molar-refractivity contribution in [2.45, 2.75) is 12.8 Å². The summed E-state index contributed by atoms with van der Waals surface area (Å²) in [6, 6.07) is 10.0. The highest BCUT2D eigenvalue weighted by atomic mass is 32.1. The molecule has 0 saturated heterocycles. The zero-order valence-corrected chi connectivity index (χ0v) is 14.8. The van der Waals surface area contributed by atoms with E-state index in [2.05, 4.69) is 26.0 Å². The molecule has 0 atom stereocenters. The molecule has 134 valence electrons. The lowest BCUT2D eigenvalue weighted by atomic mass is 10.1. The molecule has 3 N–H and O–H groups in total. The van der Waals surface area contributed by atoms with Crippen LogP contribution in [0.2, 0.25) is 0 Å². The zero-order valence-electron chi connectivity index (χ0n) is 13.9. The van der Waals surface area contributed by atoms with Crippen molar-refractivity contribution in [1.29, 1.82) is 0 Å². The summed E-state index contributed by atoms with van der Waals surface area (Å²) in [5.74, 6) is -0.537. The molecule has 26 heavy (non-hydrogen) atoms. The predicted octanol–water partition coefficient (Wildman–Crippen LogP) is 2.75. The summed E-state index contributed by atoms with van der Waals surface area (Å²) in [4.78, 5) is 31.6. The molecule has 0 unspecified atom stereocenters. The first-order chi connectivity index (χ1) is 12.6. The van der Waals surface area contributed by atoms with Crippen LogP contribution in [0.1, 0.15) is 12.8 Å². The van der Waals surface area contributed by atoms with Gasteiger partial charge in [-0.3, -0.25) is 9.59 Å². The van der Waals surface area contributed by atoms with Crippen LogP contribution in [-0.2, 0) is 9.59 Å². The van der Waals surface area contributed by atoms with Gasteiger partial charge in [-0.1, -0.05) is 30.3 Å². The molecule has 0 aliphatic rings. The topological polar surface area (TPSA) is 104 Å². The van der Waals surface area contributed by atoms with Gasteiger partial charge in [0.05, 0.1) is 11.8 Å². The number of nitrogens with one attached hydrogen (secondary N) is 2. The van der Waals surface area contributed by atoms with Crippen molar-refractivity contribution < 1.29 is 14.7 Å². The van der Waals surface area contributed by atoms with Gasteiger partial charge in [-0.05, 0) is 5.56 Å². The minimum atomic E-state index is -0.979. The Balaban J connectivity index is 1.66. The highest BCUT2D eigenvalue weighted by Gasteiger charge is 2.12. The van der Waals surface area contributed by atoms with Gasteiger partial charge in [0, 0.05) is 30.5 Å². The summed E-state index contributed by atoms with van der Waals surface area (Å²) in [6.45, 7) is 0.865. The largest absolute Gasteiger partial charge is 0.481 e. The highest BCUT2D eigenvalue weighted by Crippen LogP contribution is 2.36. The first-order valence-electron chi connectivity index (χ1n) is 8.15. The highest BCUT2D eigenvalue weighted by molar-refractivity contribution is 7.17. The van der Waals surface area contributed by atoms with E-state index >= 15 is 0 Å². The van der Waals surface area contributed by atoms with E-state index in [9.17, 15) is 9.59 Å². The van der Waals surface area contributed by atoms with Crippen LogP contribution in [0.4, 0.5) is 5.82 Å². The molecule has 8 heteroatoms. The van der Waals surface area contributed by atoms with Crippen molar-refractivity contribution in [1.82, 2.24) is 15.3 Å². The number of hydrogen-bond acceptors (Lipinski definition) is 6. The number of nitrogens with zero attached hydrogens (tertiary/aromatic N) is 2. The van der Waals surface area contributed by atoms with Gasteiger partial charge in [-0.25, -0.2) is 9.97 Å². The number of aromatic nitrogens is 2. The Kier molecular flexibility index (Phi) is 5.75. The first-order valence-corrected chi connectivity index (χ1v) is 9.03. The molecule has 7 nitrogen and oxygen atoms in total. The summed E-state index contributed by atoms with van der Waals surface area (Å²) >= 11 is 1.56. The fourth-order valence-electron chi connectivity index (χ4n) is 2.53. The number of thiophene rings is 1. The van der Waals surface area contributed by atoms with Crippen LogP contribution >= 0.6 is 11.3 Å². The van der Waals surface area contributed by atoms with Crippen LogP contribution in [0.3, 0.4) is 0 Å². The summed E-state index contributed by atoms with van der Waals surface area (Å²) in [7, 11) is 0. The maximum atomic E-state index is 11.5. The molecular formula is C18H18N4O3S. The van der Waals surface area contributed by atoms with Crippen LogP contribution < -0.4 is 10.6 Å². The molecule has 2 heterocycles. The lowest BCUT2D eigenvalue weighted by Gasteiger charge is -2.09. The van der Waals surface area contributed by atoms with Crippen LogP contribution in [0.5, 0.6) is 0 Å². The normalized spacial score (nSPS) is 10.6. The van der Waals surface area contributed by atoms with Gasteiger partial charge in [-0.15, -0.1) is 11.3 Å². The minimum absolute atomic E-state index is 0.0181. The quantitative estimate of drug-likeness (QED) is 0.527. The third-order valence-corrected chi connectivity index (χ3v) is 4.65. The second-order valence-electron chi connectivity index (χ2n) is 5.59. The Morgan fingerprint density at radius 2 is 1.88 bits per heavy atom. The fourth-order valence-corrected chi connectivity index (χ4v) is 3.45. The number of fused-ring (bicyclic) bond motifs is 1. The Labute approximate surface area is 154 Å². The van der Waals surface area contributed by atoms with Crippen LogP contribution in [0.15, 0.2) is 42.0 Å². The van der Waals surface area contributed by atoms with Gasteiger partial charge in [0.25, 0.3) is 0 Å². The molecule has 1 amide bonds. The van der Waals surface area contributed by atoms with E-state index in [1.807, 2.05) is 30.3 Å². The van der Waals surface area contributed by atoms with Gasteiger partial charge in [0.2, 0.25) is 5.91 Å². The van der Waals surface area contributed by atoms with Crippen LogP contribution in [0, 0.1) is 0 Å². The Bertz CT molecular complexity index is 911. The third kappa shape index (κ3) is 4.34. The number of carboxylic acid groups (broad SMARTS) is 1. The molecule has 3 rings (SSSR count).